The lowest BCUT2D eigenvalue weighted by Crippen LogP contribution is -2.51. The zero-order chi connectivity index (χ0) is 91.5. The van der Waals surface area contributed by atoms with E-state index in [2.05, 4.69) is 21.3 Å². The topological polar surface area (TPSA) is 303 Å². The molecule has 0 aliphatic heterocycles. The first-order valence-corrected chi connectivity index (χ1v) is 40.1. The third kappa shape index (κ3) is 34.4. The lowest BCUT2D eigenvalue weighted by molar-refractivity contribution is -0.151. The fraction of sp³-hybridized carbons (Fsp3) is 0.360. The molecule has 0 radical (unpaired) electrons. The summed E-state index contributed by atoms with van der Waals surface area (Å²) >= 11 is 46.3. The molecule has 0 fully saturated rings. The maximum atomic E-state index is 13.9. The van der Waals surface area contributed by atoms with Crippen molar-refractivity contribution in [1.29, 1.82) is 0 Å². The zero-order valence-electron chi connectivity index (χ0n) is 70.3. The molecule has 6 atom stereocenters. The van der Waals surface area contributed by atoms with Crippen molar-refractivity contribution in [3.63, 3.8) is 0 Å². The number of aliphatic hydroxyl groups excluding tert-OH is 1. The Kier molecular flexibility index (Phi) is 40.0. The van der Waals surface area contributed by atoms with Gasteiger partial charge in [-0.25, -0.2) is 37.5 Å². The number of hydrogen-bond donors (Lipinski definition) is 6. The largest absolute Gasteiger partial charge is 0.464 e. The van der Waals surface area contributed by atoms with E-state index in [0.29, 0.717) is 76.4 Å². The highest BCUT2D eigenvalue weighted by Crippen LogP contribution is 2.38. The molecule has 0 saturated heterocycles. The van der Waals surface area contributed by atoms with Gasteiger partial charge in [-0.15, -0.1) is 0 Å². The number of nitrogens with one attached hydrogen (secondary N) is 4. The minimum absolute atomic E-state index is 0.0563. The number of amides is 4. The Balaban J connectivity index is 0.000000381. The summed E-state index contributed by atoms with van der Waals surface area (Å²) in [4.78, 5) is 108. The molecule has 8 rings (SSSR count). The van der Waals surface area contributed by atoms with Gasteiger partial charge in [0.1, 0.15) is 63.0 Å². The number of esters is 2. The van der Waals surface area contributed by atoms with E-state index in [-0.39, 0.29) is 33.6 Å². The van der Waals surface area contributed by atoms with Gasteiger partial charge in [0.25, 0.3) is 0 Å². The molecule has 0 spiro atoms. The molecule has 650 valence electrons. The van der Waals surface area contributed by atoms with Gasteiger partial charge in [0, 0.05) is 41.3 Å². The SMILES string of the molecule is CC(=O)c1ccc(Cl)cc1.CC(C)(C)OC(=O)NC(C)(C(=O)c1ccc(Cl)c(F)c1)c1ccc(Cl)cc1.CC(C)(C)OC(=O)NC(C)(C=O)c1ccc(Cl)cc1.CC(C)(C)OC(=O)NC(C)(c1ccc(Cl)cc1)C(O)c1ccc(Cl)c(F)c1.CCOC(=O)C(C)(N)c1ccc(Cl)cc1.CCOC(=O)C(C)(NC(=O)OC(C)(C)C)c1ccc(Cl)cc1. The molecule has 7 N–H and O–H groups in total. The lowest BCUT2D eigenvalue weighted by Gasteiger charge is -2.37. The highest BCUT2D eigenvalue weighted by molar-refractivity contribution is 6.33. The van der Waals surface area contributed by atoms with E-state index in [1.165, 1.54) is 38.1 Å². The third-order valence-electron chi connectivity index (χ3n) is 16.5. The molecule has 120 heavy (non-hydrogen) atoms. The number of alkyl carbamates (subject to hydrolysis) is 4. The minimum atomic E-state index is -1.51. The van der Waals surface area contributed by atoms with Crippen molar-refractivity contribution >= 4 is 147 Å². The van der Waals surface area contributed by atoms with Crippen LogP contribution in [0.3, 0.4) is 0 Å². The van der Waals surface area contributed by atoms with E-state index >= 15 is 0 Å². The van der Waals surface area contributed by atoms with E-state index in [1.807, 2.05) is 0 Å². The zero-order valence-corrected chi connectivity index (χ0v) is 76.4. The minimum Gasteiger partial charge on any atom is -0.464 e. The number of nitrogens with two attached hydrogens (primary N) is 1. The molecule has 31 heteroatoms. The Morgan fingerprint density at radius 3 is 1.04 bits per heavy atom. The van der Waals surface area contributed by atoms with E-state index in [0.717, 1.165) is 12.1 Å². The van der Waals surface area contributed by atoms with Crippen molar-refractivity contribution in [3.8, 4) is 0 Å². The van der Waals surface area contributed by atoms with Crippen LogP contribution < -0.4 is 27.0 Å². The molecule has 0 heterocycles. The monoisotopic (exact) mass is 1820 g/mol. The molecular weight excluding hydrogens is 1720 g/mol. The molecular formula is C89H103Cl8F2N5O16. The average molecular weight is 1820 g/mol. The lowest BCUT2D eigenvalue weighted by atomic mass is 9.83. The van der Waals surface area contributed by atoms with Gasteiger partial charge in [-0.2, -0.15) is 0 Å². The molecule has 0 bridgehead atoms. The quantitative estimate of drug-likeness (QED) is 0.0190. The highest BCUT2D eigenvalue weighted by atomic mass is 35.5. The summed E-state index contributed by atoms with van der Waals surface area (Å²) in [5, 5.41) is 24.7. The van der Waals surface area contributed by atoms with Gasteiger partial charge in [-0.1, -0.05) is 160 Å². The predicted molar refractivity (Wildman–Crippen MR) is 469 cm³/mol. The van der Waals surface area contributed by atoms with Crippen molar-refractivity contribution in [2.24, 2.45) is 5.73 Å². The van der Waals surface area contributed by atoms with Crippen LogP contribution in [0.25, 0.3) is 0 Å². The van der Waals surface area contributed by atoms with E-state index in [9.17, 15) is 57.0 Å². The number of ketones is 2. The highest BCUT2D eigenvalue weighted by Gasteiger charge is 2.43. The molecule has 8 aromatic rings. The van der Waals surface area contributed by atoms with Gasteiger partial charge in [-0.3, -0.25) is 9.59 Å². The smallest absolute Gasteiger partial charge is 0.408 e. The standard InChI is InChI=1S/C20H22Cl2FNO3.C20H20Cl2FNO3.C16H22ClNO4.C14H18ClNO3.C11H14ClNO2.C8H7ClO/c2*1-19(2,3)27-18(26)24-20(4,13-6-8-14(21)9-7-13)17(25)12-5-10-15(22)16(23)11-12;1-6-21-13(19)16(5,11-7-9-12(17)10-8-11)18-14(20)22-15(2,3)4;1-13(2,3)19-12(18)16-14(4,9-17)10-5-7-11(15)8-6-10;1-3-15-10(14)11(2,13)8-4-6-9(12)7-5-8;1-6(10)7-2-4-8(9)5-3-7/h5-11,17,25H,1-4H3,(H,24,26);5-11H,1-4H3,(H,24,26);7-10H,6H2,1-5H3,(H,18,20);5-9H,1-4H3,(H,16,18);4-7H,3,13H2,1-2H3;2-5H,1H3. The van der Waals surface area contributed by atoms with Crippen LogP contribution in [0.4, 0.5) is 28.0 Å². The molecule has 8 aromatic carbocycles. The first-order chi connectivity index (χ1) is 55.3. The predicted octanol–water partition coefficient (Wildman–Crippen LogP) is 22.9. The molecule has 0 aliphatic carbocycles. The van der Waals surface area contributed by atoms with Gasteiger partial charge >= 0.3 is 36.3 Å². The van der Waals surface area contributed by atoms with Crippen LogP contribution in [0.5, 0.6) is 0 Å². The Morgan fingerprint density at radius 2 is 0.692 bits per heavy atom. The van der Waals surface area contributed by atoms with E-state index < -0.39 is 110 Å². The van der Waals surface area contributed by atoms with Gasteiger partial charge < -0.3 is 65.3 Å². The Labute approximate surface area is 740 Å². The summed E-state index contributed by atoms with van der Waals surface area (Å²) in [5.41, 5.74) is 0.632. The summed E-state index contributed by atoms with van der Waals surface area (Å²) in [6.07, 6.45) is -3.44. The maximum Gasteiger partial charge on any atom is 0.408 e. The van der Waals surface area contributed by atoms with Gasteiger partial charge in [0.15, 0.2) is 17.1 Å². The number of ether oxygens (including phenoxy) is 6. The number of aldehydes is 1. The first kappa shape index (κ1) is 105. The van der Waals surface area contributed by atoms with Crippen molar-refractivity contribution in [3.05, 3.63) is 278 Å². The van der Waals surface area contributed by atoms with Gasteiger partial charge in [0.05, 0.1) is 28.8 Å². The average Bonchev–Trinajstić information content (AvgIpc) is 0.780. The molecule has 0 aliphatic rings. The number of benzene rings is 8. The van der Waals surface area contributed by atoms with Crippen LogP contribution in [0.15, 0.2) is 182 Å². The fourth-order valence-electron chi connectivity index (χ4n) is 10.3. The summed E-state index contributed by atoms with van der Waals surface area (Å²) in [6, 6.07) is 47.8. The molecule has 4 amide bonds. The number of carbonyl (C=O) groups excluding carboxylic acids is 9. The van der Waals surface area contributed by atoms with Crippen molar-refractivity contribution < 1.29 is 85.5 Å². The van der Waals surface area contributed by atoms with Crippen molar-refractivity contribution in [2.45, 2.75) is 195 Å². The second-order valence-electron chi connectivity index (χ2n) is 31.6. The second kappa shape index (κ2) is 45.7. The number of Topliss-reactive ketones (excluding diaryl/α,β-unsaturated/α-hetero) is 2. The number of carbonyl (C=O) groups is 9. The Bertz CT molecular complexity index is 4780. The van der Waals surface area contributed by atoms with Gasteiger partial charge in [-0.05, 0) is 287 Å². The van der Waals surface area contributed by atoms with Gasteiger partial charge in [0.2, 0.25) is 0 Å². The summed E-state index contributed by atoms with van der Waals surface area (Å²) in [6.45, 7) is 34.3. The van der Waals surface area contributed by atoms with Crippen LogP contribution in [0, 0.1) is 11.6 Å². The van der Waals surface area contributed by atoms with Crippen LogP contribution >= 0.6 is 92.8 Å². The summed E-state index contributed by atoms with van der Waals surface area (Å²) < 4.78 is 58.7. The maximum absolute atomic E-state index is 13.9. The second-order valence-corrected chi connectivity index (χ2v) is 35.0. The van der Waals surface area contributed by atoms with Crippen molar-refractivity contribution in [1.82, 2.24) is 21.3 Å². The Hall–Kier alpha value is -9.11. The number of rotatable bonds is 19. The number of halogens is 10. The fourth-order valence-corrected chi connectivity index (χ4v) is 11.3. The normalized spacial score (nSPS) is 13.8. The van der Waals surface area contributed by atoms with E-state index in [1.54, 1.807) is 270 Å². The Morgan fingerprint density at radius 1 is 0.392 bits per heavy atom. The molecule has 0 aromatic heterocycles. The van der Waals surface area contributed by atoms with Crippen LogP contribution in [0.1, 0.15) is 199 Å². The molecule has 21 nitrogen and oxygen atoms in total. The summed E-state index contributed by atoms with van der Waals surface area (Å²) in [7, 11) is 0. The van der Waals surface area contributed by atoms with Crippen LogP contribution in [-0.4, -0.2) is 94.9 Å². The summed E-state index contributed by atoms with van der Waals surface area (Å²) in [5.74, 6) is -2.85. The van der Waals surface area contributed by atoms with Crippen molar-refractivity contribution in [2.75, 3.05) is 13.2 Å². The molecule has 6 unspecified atom stereocenters. The third-order valence-corrected chi connectivity index (χ3v) is 18.6. The van der Waals surface area contributed by atoms with E-state index in [4.69, 9.17) is 127 Å². The van der Waals surface area contributed by atoms with Crippen LogP contribution in [-0.2, 0) is 70.5 Å². The number of aliphatic hydroxyl groups is 1. The number of hydrogen-bond acceptors (Lipinski definition) is 17. The van der Waals surface area contributed by atoms with Crippen LogP contribution in [0.2, 0.25) is 40.2 Å². The molecule has 0 saturated carbocycles. The first-order valence-electron chi connectivity index (χ1n) is 37.1.